The van der Waals surface area contributed by atoms with Crippen molar-refractivity contribution in [1.29, 1.82) is 0 Å². The fourth-order valence-electron chi connectivity index (χ4n) is 11.3. The summed E-state index contributed by atoms with van der Waals surface area (Å²) < 4.78 is 0. The summed E-state index contributed by atoms with van der Waals surface area (Å²) in [5, 5.41) is 2.51. The van der Waals surface area contributed by atoms with Gasteiger partial charge in [0.25, 0.3) is 0 Å². The Morgan fingerprint density at radius 2 is 1.00 bits per heavy atom. The molecule has 66 heavy (non-hydrogen) atoms. The molecule has 0 bridgehead atoms. The number of nitrogens with zero attached hydrogens (tertiary/aromatic N) is 1. The topological polar surface area (TPSA) is 3.24 Å². The number of allylic oxidation sites excluding steroid dienone is 8. The highest BCUT2D eigenvalue weighted by atomic mass is 15.1. The second-order valence-corrected chi connectivity index (χ2v) is 17.9. The van der Waals surface area contributed by atoms with E-state index in [1.807, 2.05) is 0 Å². The second kappa shape index (κ2) is 16.8. The molecule has 0 aliphatic heterocycles. The van der Waals surface area contributed by atoms with Gasteiger partial charge in [0.2, 0.25) is 0 Å². The summed E-state index contributed by atoms with van der Waals surface area (Å²) in [4.78, 5) is 2.53. The van der Waals surface area contributed by atoms with Crippen molar-refractivity contribution >= 4 is 33.4 Å². The van der Waals surface area contributed by atoms with E-state index in [-0.39, 0.29) is 11.8 Å². The molecule has 0 spiro atoms. The minimum Gasteiger partial charge on any atom is -0.310 e. The predicted molar refractivity (Wildman–Crippen MR) is 277 cm³/mol. The molecule has 0 saturated heterocycles. The lowest BCUT2D eigenvalue weighted by Crippen LogP contribution is -2.34. The monoisotopic (exact) mass is 843 g/mol. The molecule has 0 heterocycles. The molecule has 2 atom stereocenters. The summed E-state index contributed by atoms with van der Waals surface area (Å²) in [6, 6.07) is 85.5. The van der Waals surface area contributed by atoms with Crippen LogP contribution in [-0.2, 0) is 5.41 Å². The third kappa shape index (κ3) is 6.70. The number of anilines is 3. The van der Waals surface area contributed by atoms with Crippen LogP contribution < -0.4 is 4.90 Å². The summed E-state index contributed by atoms with van der Waals surface area (Å²) in [7, 11) is 0. The van der Waals surface area contributed by atoms with E-state index in [1.165, 1.54) is 83.3 Å². The Morgan fingerprint density at radius 3 is 1.67 bits per heavy atom. The van der Waals surface area contributed by atoms with Crippen LogP contribution >= 0.6 is 0 Å². The van der Waals surface area contributed by atoms with Crippen LogP contribution in [0.5, 0.6) is 0 Å². The van der Waals surface area contributed by atoms with Crippen LogP contribution in [0.25, 0.3) is 38.6 Å². The zero-order valence-electron chi connectivity index (χ0n) is 36.8. The average molecular weight is 844 g/mol. The number of hydrogen-bond donors (Lipinski definition) is 0. The van der Waals surface area contributed by atoms with Gasteiger partial charge in [0.05, 0.1) is 11.1 Å². The molecule has 9 aromatic carbocycles. The van der Waals surface area contributed by atoms with Gasteiger partial charge in [0.15, 0.2) is 0 Å². The Labute approximate surface area is 388 Å². The van der Waals surface area contributed by atoms with E-state index in [0.717, 1.165) is 24.2 Å². The molecule has 0 radical (unpaired) electrons. The van der Waals surface area contributed by atoms with Crippen molar-refractivity contribution in [3.63, 3.8) is 0 Å². The zero-order chi connectivity index (χ0) is 43.9. The molecule has 0 amide bonds. The van der Waals surface area contributed by atoms with Gasteiger partial charge in [-0.05, 0) is 115 Å². The maximum Gasteiger partial charge on any atom is 0.0733 e. The standard InChI is InChI=1S/C65H49N/c1-6-20-46(21-7-1)48-36-40-55(41-37-48)66(56-42-38-51(39-43-56)58-33-18-27-49-26-16-17-32-57(49)58)62-35-19-34-59-61-45-52(47-22-8-2-9-23-47)44-60(50-24-10-3-11-25-50)63(61)65(64(59)62,53-28-12-4-13-29-53)54-30-14-5-15-31-54/h1-24,26-44,50,52H,25,45H2. The first-order chi connectivity index (χ1) is 32.8. The van der Waals surface area contributed by atoms with Gasteiger partial charge in [-0.25, -0.2) is 0 Å². The van der Waals surface area contributed by atoms with Crippen LogP contribution in [0.3, 0.4) is 0 Å². The lowest BCUT2D eigenvalue weighted by molar-refractivity contribution is 0.673. The first-order valence-corrected chi connectivity index (χ1v) is 23.4. The van der Waals surface area contributed by atoms with E-state index in [2.05, 4.69) is 266 Å². The van der Waals surface area contributed by atoms with Crippen molar-refractivity contribution in [3.8, 4) is 22.3 Å². The van der Waals surface area contributed by atoms with Crippen molar-refractivity contribution in [3.05, 3.63) is 300 Å². The molecule has 9 aromatic rings. The molecule has 0 saturated carbocycles. The Kier molecular flexibility index (Phi) is 10.1. The highest BCUT2D eigenvalue weighted by Crippen LogP contribution is 2.64. The van der Waals surface area contributed by atoms with Crippen LogP contribution in [0.2, 0.25) is 0 Å². The molecule has 2 unspecified atom stereocenters. The van der Waals surface area contributed by atoms with Crippen LogP contribution in [0.4, 0.5) is 17.1 Å². The summed E-state index contributed by atoms with van der Waals surface area (Å²) >= 11 is 0. The van der Waals surface area contributed by atoms with Crippen molar-refractivity contribution in [2.45, 2.75) is 24.2 Å². The third-order valence-corrected chi connectivity index (χ3v) is 14.2. The third-order valence-electron chi connectivity index (χ3n) is 14.2. The Morgan fingerprint density at radius 1 is 0.439 bits per heavy atom. The van der Waals surface area contributed by atoms with Gasteiger partial charge < -0.3 is 4.90 Å². The quantitative estimate of drug-likeness (QED) is 0.140. The number of hydrogen-bond acceptors (Lipinski definition) is 1. The minimum atomic E-state index is -0.628. The van der Waals surface area contributed by atoms with Gasteiger partial charge in [0.1, 0.15) is 0 Å². The molecular weight excluding hydrogens is 795 g/mol. The molecular formula is C65H49N. The molecule has 314 valence electrons. The molecule has 1 heteroatoms. The summed E-state index contributed by atoms with van der Waals surface area (Å²) in [6.07, 6.45) is 13.8. The molecule has 0 N–H and O–H groups in total. The molecule has 0 fully saturated rings. The maximum atomic E-state index is 2.64. The van der Waals surface area contributed by atoms with Crippen LogP contribution in [-0.4, -0.2) is 0 Å². The largest absolute Gasteiger partial charge is 0.310 e. The van der Waals surface area contributed by atoms with Gasteiger partial charge in [-0.15, -0.1) is 0 Å². The van der Waals surface area contributed by atoms with E-state index in [9.17, 15) is 0 Å². The fourth-order valence-corrected chi connectivity index (χ4v) is 11.3. The lowest BCUT2D eigenvalue weighted by atomic mass is 9.61. The highest BCUT2D eigenvalue weighted by Gasteiger charge is 2.52. The zero-order valence-corrected chi connectivity index (χ0v) is 36.8. The Hall–Kier alpha value is -8.00. The first kappa shape index (κ1) is 39.6. The Balaban J connectivity index is 1.13. The smallest absolute Gasteiger partial charge is 0.0733 e. The molecule has 0 aromatic heterocycles. The van der Waals surface area contributed by atoms with Gasteiger partial charge in [-0.1, -0.05) is 231 Å². The lowest BCUT2D eigenvalue weighted by Gasteiger charge is -2.42. The summed E-state index contributed by atoms with van der Waals surface area (Å²) in [6.45, 7) is 0. The highest BCUT2D eigenvalue weighted by molar-refractivity contribution is 5.98. The molecule has 1 nitrogen and oxygen atoms in total. The Bertz CT molecular complexity index is 3280. The average Bonchev–Trinajstić information content (AvgIpc) is 3.72. The van der Waals surface area contributed by atoms with E-state index in [1.54, 1.807) is 0 Å². The number of fused-ring (bicyclic) bond motifs is 3. The van der Waals surface area contributed by atoms with Crippen molar-refractivity contribution < 1.29 is 0 Å². The second-order valence-electron chi connectivity index (χ2n) is 17.9. The van der Waals surface area contributed by atoms with E-state index >= 15 is 0 Å². The predicted octanol–water partition coefficient (Wildman–Crippen LogP) is 17.0. The van der Waals surface area contributed by atoms with Gasteiger partial charge in [-0.2, -0.15) is 0 Å². The first-order valence-electron chi connectivity index (χ1n) is 23.4. The van der Waals surface area contributed by atoms with Gasteiger partial charge >= 0.3 is 0 Å². The van der Waals surface area contributed by atoms with Crippen LogP contribution in [0.1, 0.15) is 46.6 Å². The van der Waals surface area contributed by atoms with Crippen molar-refractivity contribution in [2.24, 2.45) is 5.92 Å². The number of rotatable bonds is 9. The maximum absolute atomic E-state index is 2.64. The molecule has 12 rings (SSSR count). The fraction of sp³-hybridized carbons (Fsp3) is 0.0769. The van der Waals surface area contributed by atoms with E-state index in [4.69, 9.17) is 0 Å². The van der Waals surface area contributed by atoms with E-state index < -0.39 is 5.41 Å². The normalized spacial score (nSPS) is 17.0. The molecule has 3 aliphatic rings. The van der Waals surface area contributed by atoms with Gasteiger partial charge in [-0.3, -0.25) is 0 Å². The van der Waals surface area contributed by atoms with Crippen LogP contribution in [0.15, 0.2) is 272 Å². The molecule has 3 aliphatic carbocycles. The van der Waals surface area contributed by atoms with E-state index in [0.29, 0.717) is 0 Å². The summed E-state index contributed by atoms with van der Waals surface area (Å²) in [5.41, 5.74) is 18.5. The number of benzene rings is 9. The van der Waals surface area contributed by atoms with Crippen LogP contribution in [0, 0.1) is 5.92 Å². The van der Waals surface area contributed by atoms with Gasteiger partial charge in [0, 0.05) is 28.8 Å². The SMILES string of the molecule is C1=CCC(C2=CC(c3ccccc3)CC3=C2C(c2ccccc2)(c2ccccc2)c2c3cccc2N(c2ccc(-c3ccccc3)cc2)c2ccc(-c3cccc4ccccc34)cc2)C=C1. The van der Waals surface area contributed by atoms with Crippen molar-refractivity contribution in [2.75, 3.05) is 4.90 Å². The minimum absolute atomic E-state index is 0.235. The van der Waals surface area contributed by atoms with Crippen molar-refractivity contribution in [1.82, 2.24) is 0 Å². The summed E-state index contributed by atoms with van der Waals surface area (Å²) in [5.74, 6) is 0.473.